The van der Waals surface area contributed by atoms with Crippen LogP contribution in [0.4, 0.5) is 5.13 Å². The van der Waals surface area contributed by atoms with Crippen molar-refractivity contribution in [3.05, 3.63) is 58.6 Å². The SMILES string of the molecule is Cc1ccc(CNC(=O)C2CCN(c3nc4cc(Cl)ccc4s3)CC2)cc1. The van der Waals surface area contributed by atoms with Gasteiger partial charge in [-0.3, -0.25) is 4.79 Å². The molecule has 1 aliphatic heterocycles. The number of hydrogen-bond acceptors (Lipinski definition) is 4. The maximum Gasteiger partial charge on any atom is 0.223 e. The molecule has 1 amide bonds. The van der Waals surface area contributed by atoms with Crippen molar-refractivity contribution in [2.45, 2.75) is 26.3 Å². The van der Waals surface area contributed by atoms with Gasteiger partial charge >= 0.3 is 0 Å². The van der Waals surface area contributed by atoms with E-state index in [1.807, 2.05) is 18.2 Å². The van der Waals surface area contributed by atoms with E-state index in [1.165, 1.54) is 5.56 Å². The molecule has 4 rings (SSSR count). The summed E-state index contributed by atoms with van der Waals surface area (Å²) in [6, 6.07) is 14.1. The second kappa shape index (κ2) is 7.87. The third kappa shape index (κ3) is 4.25. The van der Waals surface area contributed by atoms with Crippen LogP contribution in [0.25, 0.3) is 10.2 Å². The highest BCUT2D eigenvalue weighted by Crippen LogP contribution is 2.32. The summed E-state index contributed by atoms with van der Waals surface area (Å²) in [4.78, 5) is 19.5. The summed E-state index contributed by atoms with van der Waals surface area (Å²) < 4.78 is 1.15. The van der Waals surface area contributed by atoms with Crippen LogP contribution in [0.15, 0.2) is 42.5 Å². The number of benzene rings is 2. The van der Waals surface area contributed by atoms with Gasteiger partial charge < -0.3 is 10.2 Å². The predicted octanol–water partition coefficient (Wildman–Crippen LogP) is 4.79. The Hall–Kier alpha value is -2.11. The zero-order chi connectivity index (χ0) is 18.8. The number of rotatable bonds is 4. The third-order valence-electron chi connectivity index (χ3n) is 5.06. The van der Waals surface area contributed by atoms with Crippen LogP contribution in [-0.2, 0) is 11.3 Å². The number of carbonyl (C=O) groups excluding carboxylic acids is 1. The van der Waals surface area contributed by atoms with Gasteiger partial charge in [0.2, 0.25) is 5.91 Å². The van der Waals surface area contributed by atoms with E-state index in [0.717, 1.165) is 46.8 Å². The molecular weight excluding hydrogens is 378 g/mol. The molecule has 2 heterocycles. The molecule has 27 heavy (non-hydrogen) atoms. The molecule has 2 aromatic carbocycles. The maximum atomic E-state index is 12.5. The molecule has 1 fully saturated rings. The molecule has 0 radical (unpaired) electrons. The Morgan fingerprint density at radius 2 is 1.96 bits per heavy atom. The van der Waals surface area contributed by atoms with Crippen LogP contribution in [0.1, 0.15) is 24.0 Å². The lowest BCUT2D eigenvalue weighted by Crippen LogP contribution is -2.40. The van der Waals surface area contributed by atoms with Crippen LogP contribution in [0, 0.1) is 12.8 Å². The van der Waals surface area contributed by atoms with E-state index in [-0.39, 0.29) is 11.8 Å². The summed E-state index contributed by atoms with van der Waals surface area (Å²) in [6.45, 7) is 4.38. The van der Waals surface area contributed by atoms with Crippen molar-refractivity contribution in [2.75, 3.05) is 18.0 Å². The van der Waals surface area contributed by atoms with Crippen LogP contribution in [0.3, 0.4) is 0 Å². The van der Waals surface area contributed by atoms with Gasteiger partial charge in [-0.15, -0.1) is 0 Å². The Balaban J connectivity index is 1.32. The predicted molar refractivity (Wildman–Crippen MR) is 113 cm³/mol. The van der Waals surface area contributed by atoms with E-state index >= 15 is 0 Å². The van der Waals surface area contributed by atoms with Crippen LogP contribution in [0.5, 0.6) is 0 Å². The van der Waals surface area contributed by atoms with E-state index in [4.69, 9.17) is 16.6 Å². The minimum absolute atomic E-state index is 0.0792. The summed E-state index contributed by atoms with van der Waals surface area (Å²) in [5, 5.41) is 4.82. The molecule has 1 N–H and O–H groups in total. The van der Waals surface area contributed by atoms with E-state index in [1.54, 1.807) is 11.3 Å². The van der Waals surface area contributed by atoms with Crippen molar-refractivity contribution in [3.63, 3.8) is 0 Å². The molecule has 0 saturated carbocycles. The first-order valence-electron chi connectivity index (χ1n) is 9.23. The topological polar surface area (TPSA) is 45.2 Å². The average Bonchev–Trinajstić information content (AvgIpc) is 3.10. The molecule has 3 aromatic rings. The monoisotopic (exact) mass is 399 g/mol. The molecule has 1 aromatic heterocycles. The largest absolute Gasteiger partial charge is 0.352 e. The van der Waals surface area contributed by atoms with Crippen molar-refractivity contribution >= 4 is 44.2 Å². The van der Waals surface area contributed by atoms with E-state index < -0.39 is 0 Å². The van der Waals surface area contributed by atoms with Crippen molar-refractivity contribution in [1.29, 1.82) is 0 Å². The van der Waals surface area contributed by atoms with Gasteiger partial charge in [0.1, 0.15) is 0 Å². The number of fused-ring (bicyclic) bond motifs is 1. The standard InChI is InChI=1S/C21H22ClN3OS/c1-14-2-4-15(5-3-14)13-23-20(26)16-8-10-25(11-9-16)21-24-18-12-17(22)6-7-19(18)27-21/h2-7,12,16H,8-11,13H2,1H3,(H,23,26). The Bertz CT molecular complexity index is 946. The number of aromatic nitrogens is 1. The lowest BCUT2D eigenvalue weighted by molar-refractivity contribution is -0.125. The van der Waals surface area contributed by atoms with Gasteiger partial charge in [-0.1, -0.05) is 52.8 Å². The fraction of sp³-hybridized carbons (Fsp3) is 0.333. The fourth-order valence-corrected chi connectivity index (χ4v) is 4.56. The highest BCUT2D eigenvalue weighted by Gasteiger charge is 2.26. The molecule has 0 bridgehead atoms. The molecule has 0 aliphatic carbocycles. The first kappa shape index (κ1) is 18.3. The summed E-state index contributed by atoms with van der Waals surface area (Å²) in [5.74, 6) is 0.238. The van der Waals surface area contributed by atoms with Gasteiger partial charge in [0.25, 0.3) is 0 Å². The first-order valence-corrected chi connectivity index (χ1v) is 10.4. The number of piperidine rings is 1. The second-order valence-electron chi connectivity index (χ2n) is 7.07. The van der Waals surface area contributed by atoms with Gasteiger partial charge in [0, 0.05) is 30.6 Å². The number of aryl methyl sites for hydroxylation is 1. The average molecular weight is 400 g/mol. The Morgan fingerprint density at radius 1 is 1.22 bits per heavy atom. The number of hydrogen-bond donors (Lipinski definition) is 1. The number of halogens is 1. The fourth-order valence-electron chi connectivity index (χ4n) is 3.40. The summed E-state index contributed by atoms with van der Waals surface area (Å²) in [5.41, 5.74) is 3.31. The maximum absolute atomic E-state index is 12.5. The van der Waals surface area contributed by atoms with Crippen LogP contribution >= 0.6 is 22.9 Å². The number of amides is 1. The van der Waals surface area contributed by atoms with Crippen LogP contribution < -0.4 is 10.2 Å². The molecule has 1 aliphatic rings. The van der Waals surface area contributed by atoms with Gasteiger partial charge in [-0.2, -0.15) is 0 Å². The molecule has 0 spiro atoms. The van der Waals surface area contributed by atoms with Crippen LogP contribution in [-0.4, -0.2) is 24.0 Å². The number of carbonyl (C=O) groups is 1. The van der Waals surface area contributed by atoms with Crippen LogP contribution in [0.2, 0.25) is 5.02 Å². The highest BCUT2D eigenvalue weighted by molar-refractivity contribution is 7.22. The summed E-state index contributed by atoms with van der Waals surface area (Å²) in [6.07, 6.45) is 1.72. The van der Waals surface area contributed by atoms with E-state index in [9.17, 15) is 4.79 Å². The normalized spacial score (nSPS) is 15.3. The zero-order valence-corrected chi connectivity index (χ0v) is 16.8. The van der Waals surface area contributed by atoms with E-state index in [0.29, 0.717) is 11.6 Å². The third-order valence-corrected chi connectivity index (χ3v) is 6.39. The van der Waals surface area contributed by atoms with Crippen molar-refractivity contribution in [1.82, 2.24) is 10.3 Å². The lowest BCUT2D eigenvalue weighted by atomic mass is 9.96. The molecule has 4 nitrogen and oxygen atoms in total. The van der Waals surface area contributed by atoms with Crippen molar-refractivity contribution in [3.8, 4) is 0 Å². The molecule has 0 atom stereocenters. The summed E-state index contributed by atoms with van der Waals surface area (Å²) >= 11 is 7.74. The molecule has 6 heteroatoms. The lowest BCUT2D eigenvalue weighted by Gasteiger charge is -2.31. The van der Waals surface area contributed by atoms with Gasteiger partial charge in [0.15, 0.2) is 5.13 Å². The Kier molecular flexibility index (Phi) is 5.32. The quantitative estimate of drug-likeness (QED) is 0.685. The Labute approximate surface area is 168 Å². The van der Waals surface area contributed by atoms with Crippen molar-refractivity contribution in [2.24, 2.45) is 5.92 Å². The second-order valence-corrected chi connectivity index (χ2v) is 8.52. The smallest absolute Gasteiger partial charge is 0.223 e. The van der Waals surface area contributed by atoms with E-state index in [2.05, 4.69) is 41.4 Å². The van der Waals surface area contributed by atoms with Gasteiger partial charge in [-0.05, 0) is 43.5 Å². The van der Waals surface area contributed by atoms with Crippen molar-refractivity contribution < 1.29 is 4.79 Å². The zero-order valence-electron chi connectivity index (χ0n) is 15.2. The summed E-state index contributed by atoms with van der Waals surface area (Å²) in [7, 11) is 0. The molecule has 0 unspecified atom stereocenters. The minimum atomic E-state index is 0.0792. The number of nitrogens with one attached hydrogen (secondary N) is 1. The molecule has 140 valence electrons. The van der Waals surface area contributed by atoms with Gasteiger partial charge in [-0.25, -0.2) is 4.98 Å². The number of anilines is 1. The van der Waals surface area contributed by atoms with Gasteiger partial charge in [0.05, 0.1) is 10.2 Å². The first-order chi connectivity index (χ1) is 13.1. The minimum Gasteiger partial charge on any atom is -0.352 e. The molecular formula is C21H22ClN3OS. The highest BCUT2D eigenvalue weighted by atomic mass is 35.5. The number of thiazole rings is 1. The molecule has 1 saturated heterocycles. The Morgan fingerprint density at radius 3 is 2.70 bits per heavy atom. The number of nitrogens with zero attached hydrogens (tertiary/aromatic N) is 2.